The second-order valence-corrected chi connectivity index (χ2v) is 3.82. The van der Waals surface area contributed by atoms with Gasteiger partial charge in [0.1, 0.15) is 0 Å². The van der Waals surface area contributed by atoms with E-state index in [-0.39, 0.29) is 0 Å². The maximum atomic E-state index is 7.78. The fourth-order valence-corrected chi connectivity index (χ4v) is 1.85. The van der Waals surface area contributed by atoms with E-state index in [1.54, 1.807) is 12.4 Å². The normalized spacial score (nSPS) is 16.3. The predicted molar refractivity (Wildman–Crippen MR) is 63.8 cm³/mol. The van der Waals surface area contributed by atoms with Gasteiger partial charge in [-0.1, -0.05) is 6.92 Å². The number of nitrogens with zero attached hydrogens (tertiary/aromatic N) is 4. The van der Waals surface area contributed by atoms with Crippen LogP contribution in [0.25, 0.3) is 0 Å². The van der Waals surface area contributed by atoms with Gasteiger partial charge in [-0.25, -0.2) is 9.97 Å². The molecule has 0 amide bonds. The number of hydrogen-bond acceptors (Lipinski definition) is 4. The Morgan fingerprint density at radius 2 is 1.88 bits per heavy atom. The van der Waals surface area contributed by atoms with Gasteiger partial charge in [-0.15, -0.1) is 0 Å². The molecule has 1 fully saturated rings. The summed E-state index contributed by atoms with van der Waals surface area (Å²) < 4.78 is 0. The molecule has 1 aromatic heterocycles. The Hall–Kier alpha value is -1.65. The molecule has 0 aliphatic carbocycles. The summed E-state index contributed by atoms with van der Waals surface area (Å²) in [7, 11) is 0. The Labute approximate surface area is 95.6 Å². The maximum Gasteiger partial charge on any atom is 0.225 e. The SMILES string of the molecule is CCC(=N)N1CCN(c2ncccn2)CC1. The molecule has 0 spiro atoms. The average Bonchev–Trinajstić information content (AvgIpc) is 2.39. The van der Waals surface area contributed by atoms with E-state index in [0.29, 0.717) is 0 Å². The number of nitrogens with one attached hydrogen (secondary N) is 1. The van der Waals surface area contributed by atoms with E-state index in [1.807, 2.05) is 13.0 Å². The van der Waals surface area contributed by atoms with Crippen molar-refractivity contribution >= 4 is 11.8 Å². The van der Waals surface area contributed by atoms with E-state index in [0.717, 1.165) is 44.4 Å². The molecule has 0 unspecified atom stereocenters. The zero-order chi connectivity index (χ0) is 11.4. The van der Waals surface area contributed by atoms with Crippen LogP contribution in [0.2, 0.25) is 0 Å². The lowest BCUT2D eigenvalue weighted by Gasteiger charge is -2.35. The van der Waals surface area contributed by atoms with Crippen LogP contribution in [0.15, 0.2) is 18.5 Å². The molecule has 1 aliphatic rings. The monoisotopic (exact) mass is 219 g/mol. The van der Waals surface area contributed by atoms with Gasteiger partial charge in [0.25, 0.3) is 0 Å². The molecule has 16 heavy (non-hydrogen) atoms. The van der Waals surface area contributed by atoms with Gasteiger partial charge in [-0.2, -0.15) is 0 Å². The van der Waals surface area contributed by atoms with Crippen molar-refractivity contribution in [2.75, 3.05) is 31.1 Å². The zero-order valence-corrected chi connectivity index (χ0v) is 9.56. The molecule has 1 aromatic rings. The van der Waals surface area contributed by atoms with Crippen molar-refractivity contribution in [2.45, 2.75) is 13.3 Å². The van der Waals surface area contributed by atoms with E-state index in [2.05, 4.69) is 19.8 Å². The van der Waals surface area contributed by atoms with Gasteiger partial charge in [-0.05, 0) is 6.07 Å². The summed E-state index contributed by atoms with van der Waals surface area (Å²) >= 11 is 0. The van der Waals surface area contributed by atoms with Gasteiger partial charge in [-0.3, -0.25) is 5.41 Å². The van der Waals surface area contributed by atoms with Crippen molar-refractivity contribution in [1.29, 1.82) is 5.41 Å². The predicted octanol–water partition coefficient (Wildman–Crippen LogP) is 0.986. The Morgan fingerprint density at radius 1 is 1.25 bits per heavy atom. The quantitative estimate of drug-likeness (QED) is 0.595. The summed E-state index contributed by atoms with van der Waals surface area (Å²) in [6, 6.07) is 1.83. The van der Waals surface area contributed by atoms with E-state index < -0.39 is 0 Å². The summed E-state index contributed by atoms with van der Waals surface area (Å²) in [4.78, 5) is 12.8. The molecule has 5 heteroatoms. The molecule has 2 rings (SSSR count). The third kappa shape index (κ3) is 2.29. The zero-order valence-electron chi connectivity index (χ0n) is 9.56. The van der Waals surface area contributed by atoms with Crippen LogP contribution in [0.4, 0.5) is 5.95 Å². The Kier molecular flexibility index (Phi) is 3.34. The molecule has 86 valence electrons. The minimum absolute atomic E-state index is 0.730. The van der Waals surface area contributed by atoms with Gasteiger partial charge in [0.15, 0.2) is 0 Å². The first-order chi connectivity index (χ1) is 7.81. The Bertz CT molecular complexity index is 343. The van der Waals surface area contributed by atoms with E-state index in [1.165, 1.54) is 0 Å². The molecule has 0 radical (unpaired) electrons. The number of aromatic nitrogens is 2. The average molecular weight is 219 g/mol. The summed E-state index contributed by atoms with van der Waals surface area (Å²) in [5, 5.41) is 7.78. The van der Waals surface area contributed by atoms with Gasteiger partial charge in [0, 0.05) is 45.0 Å². The van der Waals surface area contributed by atoms with E-state index in [9.17, 15) is 0 Å². The van der Waals surface area contributed by atoms with Crippen molar-refractivity contribution in [3.8, 4) is 0 Å². The first kappa shape index (κ1) is 10.9. The molecule has 0 atom stereocenters. The fraction of sp³-hybridized carbons (Fsp3) is 0.545. The molecular weight excluding hydrogens is 202 g/mol. The molecule has 0 aromatic carbocycles. The number of piperazine rings is 1. The fourth-order valence-electron chi connectivity index (χ4n) is 1.85. The maximum absolute atomic E-state index is 7.78. The van der Waals surface area contributed by atoms with Crippen LogP contribution in [0, 0.1) is 5.41 Å². The van der Waals surface area contributed by atoms with Crippen LogP contribution in [0.1, 0.15) is 13.3 Å². The minimum Gasteiger partial charge on any atom is -0.357 e. The molecule has 0 saturated carbocycles. The Balaban J connectivity index is 1.93. The topological polar surface area (TPSA) is 56.1 Å². The van der Waals surface area contributed by atoms with Crippen LogP contribution in [-0.2, 0) is 0 Å². The van der Waals surface area contributed by atoms with Crippen molar-refractivity contribution in [2.24, 2.45) is 0 Å². The number of amidine groups is 1. The summed E-state index contributed by atoms with van der Waals surface area (Å²) in [6.45, 7) is 5.60. The summed E-state index contributed by atoms with van der Waals surface area (Å²) in [5.74, 6) is 1.53. The largest absolute Gasteiger partial charge is 0.357 e. The highest BCUT2D eigenvalue weighted by Crippen LogP contribution is 2.10. The van der Waals surface area contributed by atoms with E-state index >= 15 is 0 Å². The third-order valence-corrected chi connectivity index (χ3v) is 2.83. The van der Waals surface area contributed by atoms with Crippen molar-refractivity contribution in [3.05, 3.63) is 18.5 Å². The summed E-state index contributed by atoms with van der Waals surface area (Å²) in [6.07, 6.45) is 4.34. The molecule has 2 heterocycles. The molecule has 1 saturated heterocycles. The van der Waals surface area contributed by atoms with Crippen LogP contribution >= 0.6 is 0 Å². The van der Waals surface area contributed by atoms with Gasteiger partial charge >= 0.3 is 0 Å². The smallest absolute Gasteiger partial charge is 0.225 e. The van der Waals surface area contributed by atoms with Crippen molar-refractivity contribution in [1.82, 2.24) is 14.9 Å². The van der Waals surface area contributed by atoms with Gasteiger partial charge < -0.3 is 9.80 Å². The minimum atomic E-state index is 0.730. The number of hydrogen-bond donors (Lipinski definition) is 1. The first-order valence-corrected chi connectivity index (χ1v) is 5.65. The molecular formula is C11H17N5. The van der Waals surface area contributed by atoms with E-state index in [4.69, 9.17) is 5.41 Å². The molecule has 1 aliphatic heterocycles. The van der Waals surface area contributed by atoms with Gasteiger partial charge in [0.05, 0.1) is 5.84 Å². The second-order valence-electron chi connectivity index (χ2n) is 3.82. The van der Waals surface area contributed by atoms with Crippen LogP contribution in [0.5, 0.6) is 0 Å². The lowest BCUT2D eigenvalue weighted by Crippen LogP contribution is -2.48. The van der Waals surface area contributed by atoms with Crippen LogP contribution < -0.4 is 4.90 Å². The van der Waals surface area contributed by atoms with Crippen molar-refractivity contribution in [3.63, 3.8) is 0 Å². The first-order valence-electron chi connectivity index (χ1n) is 5.65. The van der Waals surface area contributed by atoms with Crippen LogP contribution in [0.3, 0.4) is 0 Å². The standard InChI is InChI=1S/C11H17N5/c1-2-10(12)15-6-8-16(9-7-15)11-13-4-3-5-14-11/h3-5,12H,2,6-9H2,1H3. The lowest BCUT2D eigenvalue weighted by molar-refractivity contribution is 0.375. The number of anilines is 1. The highest BCUT2D eigenvalue weighted by molar-refractivity contribution is 5.79. The highest BCUT2D eigenvalue weighted by Gasteiger charge is 2.19. The third-order valence-electron chi connectivity index (χ3n) is 2.83. The lowest BCUT2D eigenvalue weighted by atomic mass is 10.3. The van der Waals surface area contributed by atoms with Crippen molar-refractivity contribution < 1.29 is 0 Å². The molecule has 1 N–H and O–H groups in total. The van der Waals surface area contributed by atoms with Crippen LogP contribution in [-0.4, -0.2) is 46.9 Å². The van der Waals surface area contributed by atoms with Gasteiger partial charge in [0.2, 0.25) is 5.95 Å². The summed E-state index contributed by atoms with van der Waals surface area (Å²) in [5.41, 5.74) is 0. The number of rotatable bonds is 2. The molecule has 0 bridgehead atoms. The molecule has 5 nitrogen and oxygen atoms in total. The highest BCUT2D eigenvalue weighted by atomic mass is 15.3. The Morgan fingerprint density at radius 3 is 2.44 bits per heavy atom. The second kappa shape index (κ2) is 4.92.